The van der Waals surface area contributed by atoms with Gasteiger partial charge in [-0.1, -0.05) is 164 Å². The average Bonchev–Trinajstić information content (AvgIpc) is 3.66. The van der Waals surface area contributed by atoms with Gasteiger partial charge in [0.05, 0.1) is 11.2 Å². The van der Waals surface area contributed by atoms with E-state index in [1.54, 1.807) is 0 Å². The van der Waals surface area contributed by atoms with Crippen LogP contribution < -0.4 is 4.90 Å². The van der Waals surface area contributed by atoms with Crippen LogP contribution in [0.25, 0.3) is 72.4 Å². The molecule has 9 aromatic carbocycles. The van der Waals surface area contributed by atoms with Crippen LogP contribution in [0.1, 0.15) is 22.3 Å². The van der Waals surface area contributed by atoms with E-state index in [9.17, 15) is 0 Å². The van der Waals surface area contributed by atoms with Crippen LogP contribution in [0, 0.1) is 27.7 Å². The SMILES string of the molecule is Cc1ccccc1-c1ccc(N(c2ccc(-c3ccc(-n4c(-c5ccccc5)c(-c5ccccc5)c5ccccc54)cc3)cc2)c2ccc(-c3ccccc3C)c(C)c2)cc1C. The van der Waals surface area contributed by atoms with Gasteiger partial charge in [-0.15, -0.1) is 0 Å². The third-order valence-corrected chi connectivity index (χ3v) is 12.4. The number of benzene rings is 9. The van der Waals surface area contributed by atoms with Gasteiger partial charge in [-0.05, 0) is 149 Å². The normalized spacial score (nSPS) is 11.2. The molecule has 0 aliphatic carbocycles. The molecule has 0 spiro atoms. The number of nitrogens with zero attached hydrogens (tertiary/aromatic N) is 2. The fraction of sp³-hybridized carbons (Fsp3) is 0.0667. The third-order valence-electron chi connectivity index (χ3n) is 12.4. The maximum atomic E-state index is 2.43. The summed E-state index contributed by atoms with van der Waals surface area (Å²) in [5.74, 6) is 0. The van der Waals surface area contributed by atoms with E-state index >= 15 is 0 Å². The van der Waals surface area contributed by atoms with Crippen LogP contribution in [-0.4, -0.2) is 4.57 Å². The quantitative estimate of drug-likeness (QED) is 0.141. The van der Waals surface area contributed by atoms with E-state index in [1.807, 2.05) is 0 Å². The van der Waals surface area contributed by atoms with Crippen molar-refractivity contribution in [3.63, 3.8) is 0 Å². The molecule has 10 rings (SSSR count). The monoisotopic (exact) mass is 796 g/mol. The number of aryl methyl sites for hydroxylation is 4. The molecular formula is C60H48N2. The molecule has 0 amide bonds. The number of hydrogen-bond donors (Lipinski definition) is 0. The molecule has 0 saturated carbocycles. The zero-order chi connectivity index (χ0) is 42.2. The molecule has 0 radical (unpaired) electrons. The number of aromatic nitrogens is 1. The largest absolute Gasteiger partial charge is 0.310 e. The predicted octanol–water partition coefficient (Wildman–Crippen LogP) is 16.7. The molecule has 298 valence electrons. The van der Waals surface area contributed by atoms with Crippen molar-refractivity contribution in [1.82, 2.24) is 4.57 Å². The Labute approximate surface area is 365 Å². The summed E-state index contributed by atoms with van der Waals surface area (Å²) in [6.45, 7) is 8.83. The lowest BCUT2D eigenvalue weighted by atomic mass is 9.95. The van der Waals surface area contributed by atoms with Gasteiger partial charge in [-0.25, -0.2) is 0 Å². The minimum absolute atomic E-state index is 1.11. The summed E-state index contributed by atoms with van der Waals surface area (Å²) < 4.78 is 2.43. The number of hydrogen-bond acceptors (Lipinski definition) is 1. The van der Waals surface area contributed by atoms with Crippen molar-refractivity contribution >= 4 is 28.0 Å². The third kappa shape index (κ3) is 7.10. The summed E-state index contributed by atoms with van der Waals surface area (Å²) in [4.78, 5) is 2.39. The van der Waals surface area contributed by atoms with Crippen molar-refractivity contribution in [2.24, 2.45) is 0 Å². The van der Waals surface area contributed by atoms with Crippen molar-refractivity contribution < 1.29 is 0 Å². The van der Waals surface area contributed by atoms with Crippen molar-refractivity contribution in [2.45, 2.75) is 27.7 Å². The zero-order valence-corrected chi connectivity index (χ0v) is 35.7. The van der Waals surface area contributed by atoms with Gasteiger partial charge in [0.25, 0.3) is 0 Å². The molecule has 1 aromatic heterocycles. The topological polar surface area (TPSA) is 8.17 Å². The van der Waals surface area contributed by atoms with Crippen LogP contribution in [0.15, 0.2) is 218 Å². The fourth-order valence-electron chi connectivity index (χ4n) is 9.26. The molecule has 2 heteroatoms. The summed E-state index contributed by atoms with van der Waals surface area (Å²) in [5.41, 5.74) is 23.0. The second kappa shape index (κ2) is 16.4. The lowest BCUT2D eigenvalue weighted by Crippen LogP contribution is -2.10. The highest BCUT2D eigenvalue weighted by Gasteiger charge is 2.22. The first-order valence-corrected chi connectivity index (χ1v) is 21.5. The predicted molar refractivity (Wildman–Crippen MR) is 264 cm³/mol. The molecule has 0 fully saturated rings. The number of para-hydroxylation sites is 1. The minimum atomic E-state index is 1.11. The van der Waals surface area contributed by atoms with Gasteiger partial charge in [0, 0.05) is 33.7 Å². The first kappa shape index (κ1) is 38.5. The van der Waals surface area contributed by atoms with Crippen LogP contribution in [0.4, 0.5) is 17.1 Å². The Morgan fingerprint density at radius 1 is 0.323 bits per heavy atom. The van der Waals surface area contributed by atoms with Gasteiger partial charge in [0.15, 0.2) is 0 Å². The van der Waals surface area contributed by atoms with E-state index in [0.717, 1.165) is 22.7 Å². The maximum Gasteiger partial charge on any atom is 0.0619 e. The van der Waals surface area contributed by atoms with E-state index in [-0.39, 0.29) is 0 Å². The van der Waals surface area contributed by atoms with E-state index < -0.39 is 0 Å². The lowest BCUT2D eigenvalue weighted by Gasteiger charge is -2.27. The molecule has 2 nitrogen and oxygen atoms in total. The molecule has 0 unspecified atom stereocenters. The first-order valence-electron chi connectivity index (χ1n) is 21.5. The molecule has 0 aliphatic heterocycles. The summed E-state index contributed by atoms with van der Waals surface area (Å²) in [6, 6.07) is 79.5. The molecule has 62 heavy (non-hydrogen) atoms. The number of fused-ring (bicyclic) bond motifs is 1. The van der Waals surface area contributed by atoms with Crippen LogP contribution in [0.2, 0.25) is 0 Å². The van der Waals surface area contributed by atoms with Crippen molar-refractivity contribution in [3.05, 3.63) is 241 Å². The van der Waals surface area contributed by atoms with Crippen LogP contribution in [0.3, 0.4) is 0 Å². The molecule has 0 atom stereocenters. The average molecular weight is 797 g/mol. The molecule has 10 aromatic rings. The second-order valence-electron chi connectivity index (χ2n) is 16.4. The molecule has 0 saturated heterocycles. The van der Waals surface area contributed by atoms with Gasteiger partial charge in [0.2, 0.25) is 0 Å². The Bertz CT molecular complexity index is 3100. The smallest absolute Gasteiger partial charge is 0.0619 e. The van der Waals surface area contributed by atoms with Gasteiger partial charge >= 0.3 is 0 Å². The highest BCUT2D eigenvalue weighted by molar-refractivity contribution is 6.05. The maximum absolute atomic E-state index is 2.43. The highest BCUT2D eigenvalue weighted by atomic mass is 15.1. The Morgan fingerprint density at radius 2 is 0.758 bits per heavy atom. The van der Waals surface area contributed by atoms with Crippen molar-refractivity contribution in [1.29, 1.82) is 0 Å². The lowest BCUT2D eigenvalue weighted by molar-refractivity contribution is 1.14. The number of rotatable bonds is 9. The Hall–Kier alpha value is -7.68. The summed E-state index contributed by atoms with van der Waals surface area (Å²) in [5, 5.41) is 1.24. The fourth-order valence-corrected chi connectivity index (χ4v) is 9.26. The summed E-state index contributed by atoms with van der Waals surface area (Å²) in [6.07, 6.45) is 0. The van der Waals surface area contributed by atoms with Crippen molar-refractivity contribution in [2.75, 3.05) is 4.90 Å². The van der Waals surface area contributed by atoms with E-state index in [1.165, 1.54) is 88.9 Å². The Kier molecular flexibility index (Phi) is 10.2. The molecule has 0 bridgehead atoms. The Morgan fingerprint density at radius 3 is 1.29 bits per heavy atom. The van der Waals surface area contributed by atoms with Crippen LogP contribution in [-0.2, 0) is 0 Å². The van der Waals surface area contributed by atoms with E-state index in [4.69, 9.17) is 0 Å². The van der Waals surface area contributed by atoms with Gasteiger partial charge in [-0.2, -0.15) is 0 Å². The Balaban J connectivity index is 1.04. The molecule has 1 heterocycles. The van der Waals surface area contributed by atoms with E-state index in [2.05, 4.69) is 256 Å². The van der Waals surface area contributed by atoms with Gasteiger partial charge < -0.3 is 9.47 Å². The molecule has 0 aliphatic rings. The standard InChI is InChI=1S/C60H48N2/c1-41-17-11-13-23-53(41)55-37-35-51(39-43(55)3)61(52-36-38-56(44(4)40-52)54-24-14-12-18-42(54)2)49-31-27-45(28-32-49)46-29-33-50(34-30-46)62-58-26-16-15-25-57(58)59(47-19-7-5-8-20-47)60(62)48-21-9-6-10-22-48/h5-40H,1-4H3. The van der Waals surface area contributed by atoms with Gasteiger partial charge in [0.1, 0.15) is 0 Å². The molecular weight excluding hydrogens is 749 g/mol. The first-order chi connectivity index (χ1) is 30.4. The van der Waals surface area contributed by atoms with Crippen molar-refractivity contribution in [3.8, 4) is 61.5 Å². The van der Waals surface area contributed by atoms with Crippen LogP contribution >= 0.6 is 0 Å². The van der Waals surface area contributed by atoms with Gasteiger partial charge in [-0.3, -0.25) is 0 Å². The zero-order valence-electron chi connectivity index (χ0n) is 35.7. The highest BCUT2D eigenvalue weighted by Crippen LogP contribution is 2.44. The number of anilines is 3. The summed E-state index contributed by atoms with van der Waals surface area (Å²) >= 11 is 0. The minimum Gasteiger partial charge on any atom is -0.310 e. The van der Waals surface area contributed by atoms with Crippen LogP contribution in [0.5, 0.6) is 0 Å². The van der Waals surface area contributed by atoms with E-state index in [0.29, 0.717) is 0 Å². The summed E-state index contributed by atoms with van der Waals surface area (Å²) in [7, 11) is 0. The second-order valence-corrected chi connectivity index (χ2v) is 16.4. The molecule has 0 N–H and O–H groups in total.